The van der Waals surface area contributed by atoms with Crippen LogP contribution in [0.25, 0.3) is 0 Å². The zero-order valence-electron chi connectivity index (χ0n) is 9.28. The molecule has 2 heterocycles. The predicted molar refractivity (Wildman–Crippen MR) is 57.8 cm³/mol. The molecule has 1 saturated heterocycles. The van der Waals surface area contributed by atoms with Crippen LogP contribution in [0.1, 0.15) is 16.8 Å². The van der Waals surface area contributed by atoms with Crippen LogP contribution in [0.3, 0.4) is 0 Å². The molecule has 0 amide bonds. The lowest BCUT2D eigenvalue weighted by Crippen LogP contribution is -2.39. The van der Waals surface area contributed by atoms with Crippen molar-refractivity contribution in [2.75, 3.05) is 13.2 Å². The van der Waals surface area contributed by atoms with E-state index in [0.29, 0.717) is 24.7 Å². The summed E-state index contributed by atoms with van der Waals surface area (Å²) in [7, 11) is 0. The molecule has 1 aliphatic heterocycles. The molecule has 0 aromatic carbocycles. The van der Waals surface area contributed by atoms with Gasteiger partial charge in [-0.15, -0.1) is 5.10 Å². The number of nitrogens with two attached hydrogens (primary N) is 1. The smallest absolute Gasteiger partial charge is 0.245 e. The number of aromatic nitrogens is 2. The van der Waals surface area contributed by atoms with E-state index in [4.69, 9.17) is 20.6 Å². The molecule has 0 unspecified atom stereocenters. The predicted octanol–water partition coefficient (Wildman–Crippen LogP) is 0.155. The van der Waals surface area contributed by atoms with E-state index in [1.54, 1.807) is 0 Å². The molecule has 0 bridgehead atoms. The van der Waals surface area contributed by atoms with Crippen molar-refractivity contribution in [3.8, 4) is 5.88 Å². The molecule has 1 aliphatic rings. The lowest BCUT2D eigenvalue weighted by atomic mass is 10.1. The topological polar surface area (TPSA) is 94.1 Å². The molecule has 16 heavy (non-hydrogen) atoms. The van der Waals surface area contributed by atoms with Crippen LogP contribution in [0.2, 0.25) is 0 Å². The summed E-state index contributed by atoms with van der Waals surface area (Å²) in [5, 5.41) is 15.4. The van der Waals surface area contributed by atoms with Crippen LogP contribution in [-0.4, -0.2) is 35.4 Å². The third-order valence-corrected chi connectivity index (χ3v) is 2.58. The Morgan fingerprint density at radius 3 is 2.62 bits per heavy atom. The van der Waals surface area contributed by atoms with Gasteiger partial charge >= 0.3 is 0 Å². The Hall–Kier alpha value is -1.69. The van der Waals surface area contributed by atoms with Crippen molar-refractivity contribution in [1.29, 1.82) is 5.41 Å². The standard InChI is InChI=1S/C10H14N4O2/c1-5-6(2)13-14-10(8(5)9(11)12)16-7-3-15-4-7/h7H,3-4H2,1-2H3,(H3,11,12). The van der Waals surface area contributed by atoms with Gasteiger partial charge in [-0.2, -0.15) is 5.10 Å². The first-order valence-electron chi connectivity index (χ1n) is 5.02. The summed E-state index contributed by atoms with van der Waals surface area (Å²) >= 11 is 0. The van der Waals surface area contributed by atoms with Crippen molar-refractivity contribution in [3.05, 3.63) is 16.8 Å². The monoisotopic (exact) mass is 222 g/mol. The Kier molecular flexibility index (Phi) is 2.74. The highest BCUT2D eigenvalue weighted by Gasteiger charge is 2.24. The molecule has 0 spiro atoms. The summed E-state index contributed by atoms with van der Waals surface area (Å²) in [6.07, 6.45) is -0.00509. The van der Waals surface area contributed by atoms with E-state index in [1.165, 1.54) is 0 Å². The molecule has 1 fully saturated rings. The minimum Gasteiger partial charge on any atom is -0.468 e. The fraction of sp³-hybridized carbons (Fsp3) is 0.500. The molecule has 0 atom stereocenters. The average molecular weight is 222 g/mol. The maximum atomic E-state index is 7.53. The van der Waals surface area contributed by atoms with Crippen molar-refractivity contribution in [2.24, 2.45) is 5.73 Å². The summed E-state index contributed by atoms with van der Waals surface area (Å²) in [6.45, 7) is 4.77. The zero-order valence-corrected chi connectivity index (χ0v) is 9.28. The van der Waals surface area contributed by atoms with Crippen molar-refractivity contribution in [1.82, 2.24) is 10.2 Å². The third kappa shape index (κ3) is 1.83. The van der Waals surface area contributed by atoms with E-state index >= 15 is 0 Å². The quantitative estimate of drug-likeness (QED) is 0.561. The molecule has 3 N–H and O–H groups in total. The van der Waals surface area contributed by atoms with Crippen molar-refractivity contribution >= 4 is 5.84 Å². The Morgan fingerprint density at radius 1 is 1.44 bits per heavy atom. The normalized spacial score (nSPS) is 15.6. The first-order chi connectivity index (χ1) is 7.59. The lowest BCUT2D eigenvalue weighted by molar-refractivity contribution is -0.0817. The van der Waals surface area contributed by atoms with E-state index in [2.05, 4.69) is 10.2 Å². The Balaban J connectivity index is 2.35. The third-order valence-electron chi connectivity index (χ3n) is 2.58. The molecule has 2 rings (SSSR count). The highest BCUT2D eigenvalue weighted by atomic mass is 16.6. The van der Waals surface area contributed by atoms with E-state index in [9.17, 15) is 0 Å². The van der Waals surface area contributed by atoms with E-state index in [0.717, 1.165) is 11.3 Å². The van der Waals surface area contributed by atoms with Gasteiger partial charge in [0.2, 0.25) is 5.88 Å². The summed E-state index contributed by atoms with van der Waals surface area (Å²) in [5.74, 6) is 0.273. The lowest BCUT2D eigenvalue weighted by Gasteiger charge is -2.27. The number of hydrogen-bond acceptors (Lipinski definition) is 5. The number of hydrogen-bond donors (Lipinski definition) is 2. The van der Waals surface area contributed by atoms with Gasteiger partial charge in [0.05, 0.1) is 24.5 Å². The minimum atomic E-state index is -0.0502. The van der Waals surface area contributed by atoms with E-state index < -0.39 is 0 Å². The van der Waals surface area contributed by atoms with Gasteiger partial charge in [-0.1, -0.05) is 0 Å². The van der Waals surface area contributed by atoms with Crippen molar-refractivity contribution in [2.45, 2.75) is 20.0 Å². The van der Waals surface area contributed by atoms with Gasteiger partial charge < -0.3 is 15.2 Å². The first kappa shape index (κ1) is 10.8. The summed E-state index contributed by atoms with van der Waals surface area (Å²) in [5.41, 5.74) is 7.63. The summed E-state index contributed by atoms with van der Waals surface area (Å²) in [6, 6.07) is 0. The summed E-state index contributed by atoms with van der Waals surface area (Å²) in [4.78, 5) is 0. The Labute approximate surface area is 93.3 Å². The van der Waals surface area contributed by atoms with Crippen LogP contribution in [0.15, 0.2) is 0 Å². The van der Waals surface area contributed by atoms with E-state index in [-0.39, 0.29) is 11.9 Å². The van der Waals surface area contributed by atoms with E-state index in [1.807, 2.05) is 13.8 Å². The van der Waals surface area contributed by atoms with Gasteiger partial charge in [-0.05, 0) is 19.4 Å². The van der Waals surface area contributed by atoms with Gasteiger partial charge in [0.25, 0.3) is 0 Å². The van der Waals surface area contributed by atoms with Crippen molar-refractivity contribution in [3.63, 3.8) is 0 Å². The van der Waals surface area contributed by atoms with Crippen molar-refractivity contribution < 1.29 is 9.47 Å². The van der Waals surface area contributed by atoms with Crippen LogP contribution in [0.4, 0.5) is 0 Å². The number of nitrogens with one attached hydrogen (secondary N) is 1. The molecule has 0 aliphatic carbocycles. The van der Waals surface area contributed by atoms with Crippen LogP contribution in [0.5, 0.6) is 5.88 Å². The van der Waals surface area contributed by atoms with Crippen LogP contribution < -0.4 is 10.5 Å². The molecule has 1 aromatic rings. The van der Waals surface area contributed by atoms with Gasteiger partial charge in [-0.25, -0.2) is 0 Å². The summed E-state index contributed by atoms with van der Waals surface area (Å²) < 4.78 is 10.6. The SMILES string of the molecule is Cc1nnc(OC2COC2)c(C(=N)N)c1C. The minimum absolute atomic E-state index is 0.00509. The average Bonchev–Trinajstić information content (AvgIpc) is 2.16. The van der Waals surface area contributed by atoms with Gasteiger partial charge in [0, 0.05) is 0 Å². The maximum Gasteiger partial charge on any atom is 0.245 e. The largest absolute Gasteiger partial charge is 0.468 e. The van der Waals surface area contributed by atoms with Crippen LogP contribution in [-0.2, 0) is 4.74 Å². The Morgan fingerprint density at radius 2 is 2.12 bits per heavy atom. The molecule has 0 saturated carbocycles. The van der Waals surface area contributed by atoms with Gasteiger partial charge in [0.15, 0.2) is 0 Å². The molecule has 86 valence electrons. The second-order valence-electron chi connectivity index (χ2n) is 3.78. The highest BCUT2D eigenvalue weighted by Crippen LogP contribution is 2.22. The van der Waals surface area contributed by atoms with Crippen LogP contribution >= 0.6 is 0 Å². The molecule has 1 aromatic heterocycles. The molecule has 0 radical (unpaired) electrons. The Bertz CT molecular complexity index is 429. The second-order valence-corrected chi connectivity index (χ2v) is 3.78. The van der Waals surface area contributed by atoms with Gasteiger partial charge in [-0.3, -0.25) is 5.41 Å². The molecular weight excluding hydrogens is 208 g/mol. The molecule has 6 heteroatoms. The number of nitrogens with zero attached hydrogens (tertiary/aromatic N) is 2. The number of aryl methyl sites for hydroxylation is 1. The number of ether oxygens (including phenoxy) is 2. The fourth-order valence-electron chi connectivity index (χ4n) is 1.43. The fourth-order valence-corrected chi connectivity index (χ4v) is 1.43. The number of rotatable bonds is 3. The molecular formula is C10H14N4O2. The number of nitrogen functional groups attached to an aromatic ring is 1. The molecule has 6 nitrogen and oxygen atoms in total. The second kappa shape index (κ2) is 4.05. The van der Waals surface area contributed by atoms with Gasteiger partial charge in [0.1, 0.15) is 11.9 Å². The zero-order chi connectivity index (χ0) is 11.7. The highest BCUT2D eigenvalue weighted by molar-refractivity contribution is 5.98. The number of amidine groups is 1. The maximum absolute atomic E-state index is 7.53. The van der Waals surface area contributed by atoms with Crippen LogP contribution in [0, 0.1) is 19.3 Å². The first-order valence-corrected chi connectivity index (χ1v) is 5.02.